The summed E-state index contributed by atoms with van der Waals surface area (Å²) in [5, 5.41) is 0.235. The standard InChI is InChI=1S/C11H11BrO3/c1-7-8(6-13)3-9(15-2)4-10(7)11(14)5-12/h3-4,6H,5H2,1-2H3. The molecular weight excluding hydrogens is 260 g/mol. The van der Waals surface area contributed by atoms with Crippen LogP contribution < -0.4 is 4.74 Å². The Hall–Kier alpha value is -1.16. The summed E-state index contributed by atoms with van der Waals surface area (Å²) in [4.78, 5) is 22.3. The molecule has 0 heterocycles. The van der Waals surface area contributed by atoms with Crippen molar-refractivity contribution in [1.29, 1.82) is 0 Å². The minimum atomic E-state index is -0.0606. The number of methoxy groups -OCH3 is 1. The van der Waals surface area contributed by atoms with E-state index < -0.39 is 0 Å². The fourth-order valence-electron chi connectivity index (χ4n) is 1.31. The molecule has 0 aliphatic carbocycles. The number of rotatable bonds is 4. The second-order valence-corrected chi connectivity index (χ2v) is 3.62. The first kappa shape index (κ1) is 11.9. The molecule has 80 valence electrons. The van der Waals surface area contributed by atoms with E-state index in [2.05, 4.69) is 15.9 Å². The van der Waals surface area contributed by atoms with Crippen molar-refractivity contribution in [2.24, 2.45) is 0 Å². The molecule has 0 aromatic heterocycles. The van der Waals surface area contributed by atoms with E-state index in [0.717, 1.165) is 6.29 Å². The van der Waals surface area contributed by atoms with Crippen molar-refractivity contribution < 1.29 is 14.3 Å². The van der Waals surface area contributed by atoms with E-state index in [1.807, 2.05) is 0 Å². The quantitative estimate of drug-likeness (QED) is 0.479. The van der Waals surface area contributed by atoms with E-state index in [1.165, 1.54) is 7.11 Å². The van der Waals surface area contributed by atoms with Crippen molar-refractivity contribution in [3.05, 3.63) is 28.8 Å². The number of carbonyl (C=O) groups is 2. The number of halogens is 1. The Kier molecular flexibility index (Phi) is 4.03. The van der Waals surface area contributed by atoms with Crippen LogP contribution in [0.5, 0.6) is 5.75 Å². The van der Waals surface area contributed by atoms with Gasteiger partial charge in [0.25, 0.3) is 0 Å². The monoisotopic (exact) mass is 270 g/mol. The van der Waals surface area contributed by atoms with Gasteiger partial charge in [-0.1, -0.05) is 15.9 Å². The van der Waals surface area contributed by atoms with Crippen LogP contribution in [0.1, 0.15) is 26.3 Å². The van der Waals surface area contributed by atoms with E-state index in [-0.39, 0.29) is 11.1 Å². The van der Waals surface area contributed by atoms with Crippen molar-refractivity contribution >= 4 is 28.0 Å². The van der Waals surface area contributed by atoms with Gasteiger partial charge in [0.05, 0.1) is 12.4 Å². The molecule has 0 N–H and O–H groups in total. The first-order chi connectivity index (χ1) is 7.13. The maximum atomic E-state index is 11.6. The first-order valence-electron chi connectivity index (χ1n) is 4.37. The van der Waals surface area contributed by atoms with Crippen LogP contribution in [0, 0.1) is 6.92 Å². The molecule has 0 aliphatic heterocycles. The van der Waals surface area contributed by atoms with Gasteiger partial charge in [-0.2, -0.15) is 0 Å². The number of Topliss-reactive ketones (excluding diaryl/α,β-unsaturated/α-hetero) is 1. The maximum absolute atomic E-state index is 11.6. The van der Waals surface area contributed by atoms with Crippen LogP contribution >= 0.6 is 15.9 Å². The van der Waals surface area contributed by atoms with E-state index in [9.17, 15) is 9.59 Å². The Morgan fingerprint density at radius 3 is 2.67 bits per heavy atom. The Balaban J connectivity index is 3.36. The van der Waals surface area contributed by atoms with Crippen molar-refractivity contribution in [3.63, 3.8) is 0 Å². The van der Waals surface area contributed by atoms with E-state index in [1.54, 1.807) is 19.1 Å². The molecular formula is C11H11BrO3. The van der Waals surface area contributed by atoms with Gasteiger partial charge in [0.2, 0.25) is 0 Å². The highest BCUT2D eigenvalue weighted by Gasteiger charge is 2.12. The van der Waals surface area contributed by atoms with E-state index in [4.69, 9.17) is 4.74 Å². The number of benzene rings is 1. The molecule has 0 fully saturated rings. The predicted octanol–water partition coefficient (Wildman–Crippen LogP) is 2.39. The molecule has 0 atom stereocenters. The third-order valence-corrected chi connectivity index (χ3v) is 2.72. The van der Waals surface area contributed by atoms with Gasteiger partial charge in [-0.15, -0.1) is 0 Å². The third-order valence-electron chi connectivity index (χ3n) is 2.21. The second-order valence-electron chi connectivity index (χ2n) is 3.06. The zero-order chi connectivity index (χ0) is 11.4. The molecule has 1 aromatic carbocycles. The van der Waals surface area contributed by atoms with Crippen LogP contribution in [0.25, 0.3) is 0 Å². The number of aldehydes is 1. The van der Waals surface area contributed by atoms with E-state index >= 15 is 0 Å². The molecule has 0 spiro atoms. The normalized spacial score (nSPS) is 9.80. The summed E-state index contributed by atoms with van der Waals surface area (Å²) >= 11 is 3.10. The number of alkyl halides is 1. The Bertz CT molecular complexity index is 399. The van der Waals surface area contributed by atoms with Gasteiger partial charge in [0, 0.05) is 11.1 Å². The highest BCUT2D eigenvalue weighted by molar-refractivity contribution is 9.09. The summed E-state index contributed by atoms with van der Waals surface area (Å²) in [5.41, 5.74) is 1.70. The summed E-state index contributed by atoms with van der Waals surface area (Å²) < 4.78 is 5.02. The third kappa shape index (κ3) is 2.45. The number of hydrogen-bond acceptors (Lipinski definition) is 3. The largest absolute Gasteiger partial charge is 0.497 e. The minimum Gasteiger partial charge on any atom is -0.497 e. The topological polar surface area (TPSA) is 43.4 Å². The van der Waals surface area contributed by atoms with Gasteiger partial charge in [0.1, 0.15) is 12.0 Å². The zero-order valence-electron chi connectivity index (χ0n) is 8.54. The minimum absolute atomic E-state index is 0.0606. The lowest BCUT2D eigenvalue weighted by Gasteiger charge is -2.08. The van der Waals surface area contributed by atoms with Crippen molar-refractivity contribution in [3.8, 4) is 5.75 Å². The molecule has 0 aliphatic rings. The van der Waals surface area contributed by atoms with Gasteiger partial charge in [0.15, 0.2) is 5.78 Å². The second kappa shape index (κ2) is 5.07. The zero-order valence-corrected chi connectivity index (χ0v) is 10.1. The van der Waals surface area contributed by atoms with Crippen LogP contribution in [0.2, 0.25) is 0 Å². The molecule has 1 aromatic rings. The molecule has 0 amide bonds. The Morgan fingerprint density at radius 1 is 1.53 bits per heavy atom. The number of ketones is 1. The Morgan fingerprint density at radius 2 is 2.20 bits per heavy atom. The summed E-state index contributed by atoms with van der Waals surface area (Å²) in [7, 11) is 1.50. The van der Waals surface area contributed by atoms with Crippen LogP contribution in [-0.2, 0) is 0 Å². The fraction of sp³-hybridized carbons (Fsp3) is 0.273. The summed E-state index contributed by atoms with van der Waals surface area (Å²) in [6.45, 7) is 1.75. The number of hydrogen-bond donors (Lipinski definition) is 0. The predicted molar refractivity (Wildman–Crippen MR) is 61.2 cm³/mol. The van der Waals surface area contributed by atoms with Gasteiger partial charge >= 0.3 is 0 Å². The highest BCUT2D eigenvalue weighted by Crippen LogP contribution is 2.21. The van der Waals surface area contributed by atoms with Crippen LogP contribution in [-0.4, -0.2) is 24.5 Å². The molecule has 3 nitrogen and oxygen atoms in total. The van der Waals surface area contributed by atoms with Crippen molar-refractivity contribution in [2.75, 3.05) is 12.4 Å². The summed E-state index contributed by atoms with van der Waals surface area (Å²) in [6, 6.07) is 3.26. The fourth-order valence-corrected chi connectivity index (χ4v) is 1.61. The smallest absolute Gasteiger partial charge is 0.173 e. The molecule has 0 saturated carbocycles. The van der Waals surface area contributed by atoms with Crippen molar-refractivity contribution in [2.45, 2.75) is 6.92 Å². The van der Waals surface area contributed by atoms with E-state index in [0.29, 0.717) is 22.4 Å². The average Bonchev–Trinajstić information content (AvgIpc) is 2.28. The van der Waals surface area contributed by atoms with Gasteiger partial charge in [-0.05, 0) is 24.6 Å². The highest BCUT2D eigenvalue weighted by atomic mass is 79.9. The molecule has 0 unspecified atom stereocenters. The lowest BCUT2D eigenvalue weighted by Crippen LogP contribution is -2.05. The molecule has 4 heteroatoms. The summed E-state index contributed by atoms with van der Waals surface area (Å²) in [6.07, 6.45) is 0.725. The lowest BCUT2D eigenvalue weighted by molar-refractivity contribution is 0.102. The number of ether oxygens (including phenoxy) is 1. The average molecular weight is 271 g/mol. The van der Waals surface area contributed by atoms with Gasteiger partial charge in [-0.25, -0.2) is 0 Å². The molecule has 1 rings (SSSR count). The lowest BCUT2D eigenvalue weighted by atomic mass is 10.00. The number of carbonyl (C=O) groups excluding carboxylic acids is 2. The SMILES string of the molecule is COc1cc(C=O)c(C)c(C(=O)CBr)c1. The first-order valence-corrected chi connectivity index (χ1v) is 5.49. The molecule has 15 heavy (non-hydrogen) atoms. The Labute approximate surface area is 96.6 Å². The summed E-state index contributed by atoms with van der Waals surface area (Å²) in [5.74, 6) is 0.460. The molecule has 0 radical (unpaired) electrons. The maximum Gasteiger partial charge on any atom is 0.173 e. The van der Waals surface area contributed by atoms with Gasteiger partial charge < -0.3 is 4.74 Å². The molecule has 0 bridgehead atoms. The van der Waals surface area contributed by atoms with Crippen LogP contribution in [0.15, 0.2) is 12.1 Å². The molecule has 0 saturated heterocycles. The van der Waals surface area contributed by atoms with Crippen LogP contribution in [0.3, 0.4) is 0 Å². The van der Waals surface area contributed by atoms with Gasteiger partial charge in [-0.3, -0.25) is 9.59 Å². The van der Waals surface area contributed by atoms with Crippen LogP contribution in [0.4, 0.5) is 0 Å². The van der Waals surface area contributed by atoms with Crippen molar-refractivity contribution in [1.82, 2.24) is 0 Å².